The van der Waals surface area contributed by atoms with Crippen LogP contribution in [0.4, 0.5) is 5.69 Å². The van der Waals surface area contributed by atoms with E-state index in [-0.39, 0.29) is 17.3 Å². The summed E-state index contributed by atoms with van der Waals surface area (Å²) in [7, 11) is 1.64. The molecule has 1 aliphatic rings. The number of carbonyl (C=O) groups excluding carboxylic acids is 1. The number of thioether (sulfide) groups is 1. The maximum Gasteiger partial charge on any atom is 0.234 e. The van der Waals surface area contributed by atoms with Gasteiger partial charge in [-0.15, -0.1) is 0 Å². The van der Waals surface area contributed by atoms with Gasteiger partial charge >= 0.3 is 0 Å². The van der Waals surface area contributed by atoms with Gasteiger partial charge in [0.05, 0.1) is 37.4 Å². The molecule has 0 spiro atoms. The van der Waals surface area contributed by atoms with Crippen molar-refractivity contribution in [2.24, 2.45) is 0 Å². The Bertz CT molecular complexity index is 1150. The average molecular weight is 480 g/mol. The minimum absolute atomic E-state index is 0.107. The first-order chi connectivity index (χ1) is 16.4. The fraction of sp³-hybridized carbons (Fsp3) is 0.346. The summed E-state index contributed by atoms with van der Waals surface area (Å²) in [5, 5.41) is 3.70. The highest BCUT2D eigenvalue weighted by Crippen LogP contribution is 2.34. The number of fused-ring (bicyclic) bond motifs is 1. The highest BCUT2D eigenvalue weighted by atomic mass is 32.2. The summed E-state index contributed by atoms with van der Waals surface area (Å²) < 4.78 is 16.7. The molecule has 178 valence electrons. The summed E-state index contributed by atoms with van der Waals surface area (Å²) in [6.45, 7) is 7.08. The Labute approximate surface area is 204 Å². The van der Waals surface area contributed by atoms with Gasteiger partial charge in [0.1, 0.15) is 16.5 Å². The van der Waals surface area contributed by atoms with E-state index in [1.807, 2.05) is 55.5 Å². The van der Waals surface area contributed by atoms with Crippen molar-refractivity contribution in [2.75, 3.05) is 24.8 Å². The van der Waals surface area contributed by atoms with Gasteiger partial charge in [0.25, 0.3) is 0 Å². The molecule has 0 saturated carbocycles. The zero-order valence-corrected chi connectivity index (χ0v) is 20.7. The molecule has 3 aromatic rings. The third-order valence-corrected chi connectivity index (χ3v) is 6.41. The predicted octanol–water partition coefficient (Wildman–Crippen LogP) is 5.13. The second-order valence-corrected chi connectivity index (χ2v) is 9.49. The van der Waals surface area contributed by atoms with Gasteiger partial charge in [0.15, 0.2) is 5.82 Å². The fourth-order valence-corrected chi connectivity index (χ4v) is 4.48. The Hall–Kier alpha value is -3.10. The van der Waals surface area contributed by atoms with E-state index in [2.05, 4.69) is 19.2 Å². The number of benzene rings is 2. The molecule has 0 atom stereocenters. The molecule has 2 heterocycles. The normalized spacial score (nSPS) is 14.2. The average Bonchev–Trinajstić information content (AvgIpc) is 2.83. The minimum Gasteiger partial charge on any atom is -0.497 e. The molecule has 34 heavy (non-hydrogen) atoms. The molecule has 1 aromatic heterocycles. The first kappa shape index (κ1) is 24.0. The molecule has 0 unspecified atom stereocenters. The summed E-state index contributed by atoms with van der Waals surface area (Å²) >= 11 is 1.40. The number of amides is 1. The van der Waals surface area contributed by atoms with Crippen molar-refractivity contribution < 1.29 is 19.0 Å². The molecule has 1 amide bonds. The molecule has 0 fully saturated rings. The van der Waals surface area contributed by atoms with Crippen molar-refractivity contribution >= 4 is 23.4 Å². The highest BCUT2D eigenvalue weighted by Gasteiger charge is 2.30. The molecule has 4 rings (SSSR count). The summed E-state index contributed by atoms with van der Waals surface area (Å²) in [5.74, 6) is 2.30. The molecular formula is C26H29N3O4S. The Morgan fingerprint density at radius 2 is 1.79 bits per heavy atom. The fourth-order valence-electron chi connectivity index (χ4n) is 3.64. The van der Waals surface area contributed by atoms with E-state index in [1.54, 1.807) is 7.11 Å². The number of ether oxygens (including phenoxy) is 3. The predicted molar refractivity (Wildman–Crippen MR) is 134 cm³/mol. The molecule has 0 radical (unpaired) electrons. The zero-order chi connectivity index (χ0) is 24.1. The molecule has 0 aliphatic carbocycles. The van der Waals surface area contributed by atoms with Crippen LogP contribution in [0, 0.1) is 0 Å². The lowest BCUT2D eigenvalue weighted by Gasteiger charge is -2.32. The smallest absolute Gasteiger partial charge is 0.234 e. The van der Waals surface area contributed by atoms with Gasteiger partial charge in [-0.05, 0) is 69.3 Å². The topological polar surface area (TPSA) is 82.6 Å². The summed E-state index contributed by atoms with van der Waals surface area (Å²) in [6.07, 6.45) is 0.681. The molecule has 7 nitrogen and oxygen atoms in total. The maximum absolute atomic E-state index is 12.6. The number of hydrogen-bond donors (Lipinski definition) is 1. The van der Waals surface area contributed by atoms with Crippen molar-refractivity contribution in [2.45, 2.75) is 44.4 Å². The van der Waals surface area contributed by atoms with Crippen LogP contribution in [0.15, 0.2) is 53.6 Å². The first-order valence-corrected chi connectivity index (χ1v) is 12.2. The van der Waals surface area contributed by atoms with Gasteiger partial charge in [-0.3, -0.25) is 4.79 Å². The van der Waals surface area contributed by atoms with Crippen LogP contribution in [0.3, 0.4) is 0 Å². The van der Waals surface area contributed by atoms with Crippen LogP contribution in [0.25, 0.3) is 11.4 Å². The van der Waals surface area contributed by atoms with Crippen LogP contribution in [-0.4, -0.2) is 40.9 Å². The molecule has 8 heteroatoms. The van der Waals surface area contributed by atoms with Crippen LogP contribution in [0.1, 0.15) is 32.0 Å². The second-order valence-electron chi connectivity index (χ2n) is 8.53. The lowest BCUT2D eigenvalue weighted by molar-refractivity contribution is -0.113. The van der Waals surface area contributed by atoms with Crippen LogP contribution in [-0.2, 0) is 22.6 Å². The van der Waals surface area contributed by atoms with Crippen molar-refractivity contribution in [1.29, 1.82) is 0 Å². The van der Waals surface area contributed by atoms with Crippen molar-refractivity contribution in [3.63, 3.8) is 0 Å². The van der Waals surface area contributed by atoms with Crippen LogP contribution < -0.4 is 14.8 Å². The monoisotopic (exact) mass is 479 g/mol. The van der Waals surface area contributed by atoms with Crippen LogP contribution in [0.5, 0.6) is 11.5 Å². The van der Waals surface area contributed by atoms with Gasteiger partial charge in [-0.25, -0.2) is 9.97 Å². The first-order valence-electron chi connectivity index (χ1n) is 11.2. The van der Waals surface area contributed by atoms with Crippen LogP contribution in [0.2, 0.25) is 0 Å². The van der Waals surface area contributed by atoms with Gasteiger partial charge in [0.2, 0.25) is 5.91 Å². The van der Waals surface area contributed by atoms with E-state index < -0.39 is 0 Å². The third kappa shape index (κ3) is 5.87. The van der Waals surface area contributed by atoms with Gasteiger partial charge in [-0.1, -0.05) is 11.8 Å². The standard InChI is InChI=1S/C26H29N3O4S/c1-5-32-20-12-8-18(9-13-20)27-23(30)16-34-25-21-15-33-26(2,3)14-22(21)28-24(29-25)17-6-10-19(31-4)11-7-17/h6-13H,5,14-16H2,1-4H3,(H,27,30). The number of anilines is 1. The summed E-state index contributed by atoms with van der Waals surface area (Å²) in [5.41, 5.74) is 3.24. The number of aromatic nitrogens is 2. The quantitative estimate of drug-likeness (QED) is 0.354. The highest BCUT2D eigenvalue weighted by molar-refractivity contribution is 8.00. The number of carbonyl (C=O) groups is 1. The molecule has 0 bridgehead atoms. The van der Waals surface area contributed by atoms with Gasteiger partial charge in [0, 0.05) is 23.2 Å². The van der Waals surface area contributed by atoms with Crippen LogP contribution >= 0.6 is 11.8 Å². The Morgan fingerprint density at radius 1 is 1.09 bits per heavy atom. The summed E-state index contributed by atoms with van der Waals surface area (Å²) in [6, 6.07) is 15.0. The summed E-state index contributed by atoms with van der Waals surface area (Å²) in [4.78, 5) is 22.3. The van der Waals surface area contributed by atoms with E-state index in [0.717, 1.165) is 39.0 Å². The van der Waals surface area contributed by atoms with E-state index >= 15 is 0 Å². The van der Waals surface area contributed by atoms with Gasteiger partial charge < -0.3 is 19.5 Å². The maximum atomic E-state index is 12.6. The third-order valence-electron chi connectivity index (χ3n) is 5.39. The lowest BCUT2D eigenvalue weighted by atomic mass is 9.96. The Kier molecular flexibility index (Phi) is 7.38. The lowest BCUT2D eigenvalue weighted by Crippen LogP contribution is -2.33. The number of nitrogens with one attached hydrogen (secondary N) is 1. The van der Waals surface area contributed by atoms with Crippen molar-refractivity contribution in [3.8, 4) is 22.9 Å². The number of nitrogens with zero attached hydrogens (tertiary/aromatic N) is 2. The molecule has 0 saturated heterocycles. The minimum atomic E-state index is -0.300. The SMILES string of the molecule is CCOc1ccc(NC(=O)CSc2nc(-c3ccc(OC)cc3)nc3c2COC(C)(C)C3)cc1. The van der Waals surface area contributed by atoms with E-state index in [4.69, 9.17) is 24.2 Å². The number of methoxy groups -OCH3 is 1. The largest absolute Gasteiger partial charge is 0.497 e. The van der Waals surface area contributed by atoms with E-state index in [1.165, 1.54) is 11.8 Å². The Morgan fingerprint density at radius 3 is 2.47 bits per heavy atom. The molecule has 2 aromatic carbocycles. The van der Waals surface area contributed by atoms with E-state index in [0.29, 0.717) is 25.5 Å². The number of rotatable bonds is 8. The Balaban J connectivity index is 1.53. The second kappa shape index (κ2) is 10.4. The molecular weight excluding hydrogens is 450 g/mol. The molecule has 1 N–H and O–H groups in total. The van der Waals surface area contributed by atoms with Gasteiger partial charge in [-0.2, -0.15) is 0 Å². The van der Waals surface area contributed by atoms with E-state index in [9.17, 15) is 4.79 Å². The van der Waals surface area contributed by atoms with Crippen molar-refractivity contribution in [1.82, 2.24) is 9.97 Å². The molecule has 1 aliphatic heterocycles. The zero-order valence-electron chi connectivity index (χ0n) is 19.9. The van der Waals surface area contributed by atoms with Crippen molar-refractivity contribution in [3.05, 3.63) is 59.8 Å². The number of hydrogen-bond acceptors (Lipinski definition) is 7.